The highest BCUT2D eigenvalue weighted by Gasteiger charge is 2.34. The third-order valence-corrected chi connectivity index (χ3v) is 4.76. The number of amides is 1. The lowest BCUT2D eigenvalue weighted by molar-refractivity contribution is -0.156. The monoisotopic (exact) mass is 417 g/mol. The molecule has 0 radical (unpaired) electrons. The Hall–Kier alpha value is -3.10. The Bertz CT molecular complexity index is 1060. The van der Waals surface area contributed by atoms with E-state index in [0.717, 1.165) is 0 Å². The molecule has 1 aromatic heterocycles. The Morgan fingerprint density at radius 3 is 2.67 bits per heavy atom. The molecule has 0 saturated heterocycles. The Morgan fingerprint density at radius 2 is 2.00 bits per heavy atom. The fourth-order valence-electron chi connectivity index (χ4n) is 3.49. The molecule has 0 saturated carbocycles. The maximum absolute atomic E-state index is 13.0. The number of esters is 1. The van der Waals surface area contributed by atoms with Crippen molar-refractivity contribution in [3.63, 3.8) is 0 Å². The van der Waals surface area contributed by atoms with Gasteiger partial charge in [-0.15, -0.1) is 0 Å². The zero-order valence-electron chi connectivity index (χ0n) is 17.1. The lowest BCUT2D eigenvalue weighted by atomic mass is 10.1. The summed E-state index contributed by atoms with van der Waals surface area (Å²) in [6, 6.07) is 4.57. The molecule has 1 N–H and O–H groups in total. The van der Waals surface area contributed by atoms with Gasteiger partial charge in [0.05, 0.1) is 17.3 Å². The van der Waals surface area contributed by atoms with E-state index in [4.69, 9.17) is 4.74 Å². The normalized spacial score (nSPS) is 16.7. The van der Waals surface area contributed by atoms with E-state index in [1.807, 2.05) is 0 Å². The number of benzene rings is 1. The van der Waals surface area contributed by atoms with Gasteiger partial charge in [-0.3, -0.25) is 23.7 Å². The van der Waals surface area contributed by atoms with E-state index in [0.29, 0.717) is 29.6 Å². The van der Waals surface area contributed by atoms with Crippen LogP contribution >= 0.6 is 0 Å². The molecule has 9 heteroatoms. The first kappa shape index (κ1) is 21.6. The van der Waals surface area contributed by atoms with Crippen molar-refractivity contribution >= 4 is 28.6 Å². The Kier molecular flexibility index (Phi) is 6.00. The minimum absolute atomic E-state index is 0.313. The van der Waals surface area contributed by atoms with Crippen LogP contribution in [0.5, 0.6) is 0 Å². The summed E-state index contributed by atoms with van der Waals surface area (Å²) in [5.74, 6) is -1.83. The maximum atomic E-state index is 13.0. The zero-order chi connectivity index (χ0) is 22.1. The SMILES string of the molecule is CC(C)(C)OC(=O)C[C@H](NC(=O)[C@@H]1CCc2nc3ccccc3c(=O)n21)C(=O)CF. The van der Waals surface area contributed by atoms with Gasteiger partial charge in [0.25, 0.3) is 5.56 Å². The summed E-state index contributed by atoms with van der Waals surface area (Å²) in [6.45, 7) is 3.65. The van der Waals surface area contributed by atoms with Crippen molar-refractivity contribution in [2.45, 2.75) is 57.7 Å². The van der Waals surface area contributed by atoms with Gasteiger partial charge in [0.1, 0.15) is 30.2 Å². The minimum Gasteiger partial charge on any atom is -0.460 e. The van der Waals surface area contributed by atoms with Crippen molar-refractivity contribution in [3.05, 3.63) is 40.4 Å². The van der Waals surface area contributed by atoms with Crippen LogP contribution in [0.1, 0.15) is 45.5 Å². The quantitative estimate of drug-likeness (QED) is 0.716. The van der Waals surface area contributed by atoms with Gasteiger partial charge in [-0.05, 0) is 39.3 Å². The summed E-state index contributed by atoms with van der Waals surface area (Å²) in [4.78, 5) is 54.3. The predicted octanol–water partition coefficient (Wildman–Crippen LogP) is 1.64. The molecule has 0 fully saturated rings. The first-order valence-electron chi connectivity index (χ1n) is 9.72. The topological polar surface area (TPSA) is 107 Å². The minimum atomic E-state index is -1.37. The van der Waals surface area contributed by atoms with Crippen molar-refractivity contribution in [3.8, 4) is 0 Å². The highest BCUT2D eigenvalue weighted by Crippen LogP contribution is 2.24. The molecule has 1 aliphatic rings. The van der Waals surface area contributed by atoms with Gasteiger partial charge in [0.15, 0.2) is 5.78 Å². The zero-order valence-corrected chi connectivity index (χ0v) is 17.1. The Morgan fingerprint density at radius 1 is 1.30 bits per heavy atom. The molecule has 8 nitrogen and oxygen atoms in total. The largest absolute Gasteiger partial charge is 0.460 e. The van der Waals surface area contributed by atoms with E-state index in [9.17, 15) is 23.6 Å². The van der Waals surface area contributed by atoms with E-state index in [1.54, 1.807) is 45.0 Å². The smallest absolute Gasteiger partial charge is 0.308 e. The van der Waals surface area contributed by atoms with Gasteiger partial charge in [-0.2, -0.15) is 0 Å². The first-order valence-corrected chi connectivity index (χ1v) is 9.72. The molecule has 2 heterocycles. The number of nitrogens with one attached hydrogen (secondary N) is 1. The van der Waals surface area contributed by atoms with Crippen LogP contribution < -0.4 is 10.9 Å². The molecular formula is C21H24FN3O5. The number of carbonyl (C=O) groups is 3. The molecule has 0 unspecified atom stereocenters. The number of fused-ring (bicyclic) bond motifs is 2. The molecule has 30 heavy (non-hydrogen) atoms. The molecule has 1 aromatic carbocycles. The van der Waals surface area contributed by atoms with Crippen LogP contribution in [0, 0.1) is 0 Å². The second kappa shape index (κ2) is 8.33. The lowest BCUT2D eigenvalue weighted by Crippen LogP contribution is -2.47. The summed E-state index contributed by atoms with van der Waals surface area (Å²) >= 11 is 0. The summed E-state index contributed by atoms with van der Waals surface area (Å²) < 4.78 is 19.5. The van der Waals surface area contributed by atoms with Crippen molar-refractivity contribution in [2.75, 3.05) is 6.67 Å². The second-order valence-electron chi connectivity index (χ2n) is 8.23. The van der Waals surface area contributed by atoms with E-state index in [-0.39, 0.29) is 5.56 Å². The van der Waals surface area contributed by atoms with E-state index in [1.165, 1.54) is 4.57 Å². The van der Waals surface area contributed by atoms with Crippen molar-refractivity contribution in [1.82, 2.24) is 14.9 Å². The number of nitrogens with zero attached hydrogens (tertiary/aromatic N) is 2. The number of para-hydroxylation sites is 1. The number of rotatable bonds is 6. The fourth-order valence-corrected chi connectivity index (χ4v) is 3.49. The van der Waals surface area contributed by atoms with Gasteiger partial charge in [-0.25, -0.2) is 9.37 Å². The van der Waals surface area contributed by atoms with Gasteiger partial charge < -0.3 is 10.1 Å². The maximum Gasteiger partial charge on any atom is 0.308 e. The number of halogens is 1. The van der Waals surface area contributed by atoms with Gasteiger partial charge in [-0.1, -0.05) is 12.1 Å². The van der Waals surface area contributed by atoms with Gasteiger partial charge in [0, 0.05) is 6.42 Å². The Labute approximate surface area is 172 Å². The molecule has 0 aliphatic carbocycles. The number of Topliss-reactive ketones (excluding diaryl/α,β-unsaturated/α-hetero) is 1. The third kappa shape index (κ3) is 4.55. The predicted molar refractivity (Wildman–Crippen MR) is 107 cm³/mol. The summed E-state index contributed by atoms with van der Waals surface area (Å²) in [7, 11) is 0. The van der Waals surface area contributed by atoms with E-state index < -0.39 is 48.4 Å². The molecule has 160 valence electrons. The summed E-state index contributed by atoms with van der Waals surface area (Å²) in [5, 5.41) is 2.81. The molecule has 3 rings (SSSR count). The van der Waals surface area contributed by atoms with Crippen LogP contribution in [0.4, 0.5) is 4.39 Å². The molecule has 0 spiro atoms. The molecular weight excluding hydrogens is 393 g/mol. The van der Waals surface area contributed by atoms with Gasteiger partial charge in [0.2, 0.25) is 5.91 Å². The molecule has 1 amide bonds. The number of hydrogen-bond donors (Lipinski definition) is 1. The number of carbonyl (C=O) groups excluding carboxylic acids is 3. The standard InChI is InChI=1S/C21H24FN3O5/c1-21(2,3)30-18(27)10-14(16(26)11-22)24-19(28)15-8-9-17-23-13-7-5-4-6-12(13)20(29)25(15)17/h4-7,14-15H,8-11H2,1-3H3,(H,24,28)/t14-,15-/m0/s1. The number of hydrogen-bond acceptors (Lipinski definition) is 6. The molecule has 2 aromatic rings. The number of ketones is 1. The lowest BCUT2D eigenvalue weighted by Gasteiger charge is -2.23. The second-order valence-corrected chi connectivity index (χ2v) is 8.23. The fraction of sp³-hybridized carbons (Fsp3) is 0.476. The highest BCUT2D eigenvalue weighted by atomic mass is 19.1. The number of ether oxygens (including phenoxy) is 1. The molecule has 2 atom stereocenters. The van der Waals surface area contributed by atoms with E-state index >= 15 is 0 Å². The first-order chi connectivity index (χ1) is 14.1. The highest BCUT2D eigenvalue weighted by molar-refractivity contribution is 5.94. The number of alkyl halides is 1. The number of aryl methyl sites for hydroxylation is 1. The van der Waals surface area contributed by atoms with Crippen LogP contribution in [0.15, 0.2) is 29.1 Å². The van der Waals surface area contributed by atoms with E-state index in [2.05, 4.69) is 10.3 Å². The molecule has 0 bridgehead atoms. The summed E-state index contributed by atoms with van der Waals surface area (Å²) in [5.41, 5.74) is -0.589. The molecule has 1 aliphatic heterocycles. The van der Waals surface area contributed by atoms with Crippen LogP contribution in [0.25, 0.3) is 10.9 Å². The van der Waals surface area contributed by atoms with Gasteiger partial charge >= 0.3 is 5.97 Å². The third-order valence-electron chi connectivity index (χ3n) is 4.76. The average molecular weight is 417 g/mol. The van der Waals surface area contributed by atoms with Crippen molar-refractivity contribution in [2.24, 2.45) is 0 Å². The van der Waals surface area contributed by atoms with Crippen LogP contribution in [0.3, 0.4) is 0 Å². The van der Waals surface area contributed by atoms with Crippen LogP contribution in [-0.4, -0.2) is 45.5 Å². The number of aromatic nitrogens is 2. The van der Waals surface area contributed by atoms with Crippen molar-refractivity contribution < 1.29 is 23.5 Å². The summed E-state index contributed by atoms with van der Waals surface area (Å²) in [6.07, 6.45) is 0.232. The average Bonchev–Trinajstić information content (AvgIpc) is 3.09. The van der Waals surface area contributed by atoms with Crippen molar-refractivity contribution in [1.29, 1.82) is 0 Å². The van der Waals surface area contributed by atoms with Crippen LogP contribution in [0.2, 0.25) is 0 Å². The van der Waals surface area contributed by atoms with Crippen LogP contribution in [-0.2, 0) is 25.5 Å². The Balaban J connectivity index is 1.83.